The van der Waals surface area contributed by atoms with Gasteiger partial charge in [-0.05, 0) is 45.0 Å². The summed E-state index contributed by atoms with van der Waals surface area (Å²) in [6.45, 7) is 4.32. The van der Waals surface area contributed by atoms with E-state index in [1.807, 2.05) is 39.1 Å². The zero-order chi connectivity index (χ0) is 15.8. The number of nitrogens with one attached hydrogen (secondary N) is 1. The Morgan fingerprint density at radius 3 is 2.57 bits per heavy atom. The summed E-state index contributed by atoms with van der Waals surface area (Å²) in [5, 5.41) is 12.1. The van der Waals surface area contributed by atoms with Gasteiger partial charge in [0.15, 0.2) is 0 Å². The largest absolute Gasteiger partial charge is 0.480 e. The number of carbonyl (C=O) groups excluding carboxylic acids is 1. The van der Waals surface area contributed by atoms with Crippen LogP contribution >= 0.6 is 0 Å². The maximum atomic E-state index is 12.7. The molecule has 1 aromatic rings. The lowest BCUT2D eigenvalue weighted by atomic mass is 10.0. The lowest BCUT2D eigenvalue weighted by Crippen LogP contribution is -2.42. The van der Waals surface area contributed by atoms with E-state index >= 15 is 0 Å². The molecule has 1 unspecified atom stereocenters. The molecule has 21 heavy (non-hydrogen) atoms. The van der Waals surface area contributed by atoms with Gasteiger partial charge in [-0.3, -0.25) is 9.59 Å². The quantitative estimate of drug-likeness (QED) is 0.766. The Morgan fingerprint density at radius 1 is 1.33 bits per heavy atom. The Labute approximate surface area is 126 Å². The number of benzene rings is 1. The molecule has 1 aromatic carbocycles. The highest BCUT2D eigenvalue weighted by atomic mass is 16.4. The average Bonchev–Trinajstić information content (AvgIpc) is 2.49. The Bertz CT molecular complexity index is 488. The molecule has 0 aliphatic heterocycles. The molecule has 0 aliphatic rings. The van der Waals surface area contributed by atoms with Gasteiger partial charge in [0.1, 0.15) is 6.54 Å². The van der Waals surface area contributed by atoms with Gasteiger partial charge in [0.25, 0.3) is 5.91 Å². The highest BCUT2D eigenvalue weighted by Gasteiger charge is 2.24. The van der Waals surface area contributed by atoms with Crippen LogP contribution in [0.3, 0.4) is 0 Å². The molecule has 0 bridgehead atoms. The van der Waals surface area contributed by atoms with Crippen molar-refractivity contribution in [1.29, 1.82) is 0 Å². The van der Waals surface area contributed by atoms with Crippen molar-refractivity contribution >= 4 is 11.9 Å². The van der Waals surface area contributed by atoms with Gasteiger partial charge in [0, 0.05) is 11.6 Å². The third kappa shape index (κ3) is 4.86. The third-order valence-electron chi connectivity index (χ3n) is 3.58. The maximum Gasteiger partial charge on any atom is 0.323 e. The van der Waals surface area contributed by atoms with Crippen molar-refractivity contribution in [2.45, 2.75) is 32.7 Å². The number of hydrogen-bond donors (Lipinski definition) is 2. The number of nitrogens with zero attached hydrogens (tertiary/aromatic N) is 1. The number of carboxylic acid groups (broad SMARTS) is 1. The molecule has 0 heterocycles. The molecule has 0 saturated carbocycles. The number of carboxylic acids is 1. The maximum absolute atomic E-state index is 12.7. The van der Waals surface area contributed by atoms with Gasteiger partial charge >= 0.3 is 5.97 Å². The minimum Gasteiger partial charge on any atom is -0.480 e. The summed E-state index contributed by atoms with van der Waals surface area (Å²) in [6.07, 6.45) is 1.46. The predicted molar refractivity (Wildman–Crippen MR) is 82.5 cm³/mol. The van der Waals surface area contributed by atoms with Crippen LogP contribution < -0.4 is 5.32 Å². The van der Waals surface area contributed by atoms with Crippen LogP contribution in [-0.2, 0) is 11.2 Å². The summed E-state index contributed by atoms with van der Waals surface area (Å²) < 4.78 is 0. The van der Waals surface area contributed by atoms with E-state index in [2.05, 4.69) is 5.32 Å². The molecule has 2 N–H and O–H groups in total. The first kappa shape index (κ1) is 17.2. The summed E-state index contributed by atoms with van der Waals surface area (Å²) in [5.74, 6) is -1.20. The lowest BCUT2D eigenvalue weighted by Gasteiger charge is -2.27. The number of hydrogen-bond acceptors (Lipinski definition) is 3. The summed E-state index contributed by atoms with van der Waals surface area (Å²) in [6, 6.07) is 7.29. The summed E-state index contributed by atoms with van der Waals surface area (Å²) in [4.78, 5) is 25.2. The van der Waals surface area contributed by atoms with E-state index in [1.165, 1.54) is 4.90 Å². The molecule has 0 fully saturated rings. The van der Waals surface area contributed by atoms with Crippen molar-refractivity contribution < 1.29 is 14.7 Å². The minimum atomic E-state index is -0.989. The smallest absolute Gasteiger partial charge is 0.323 e. The normalized spacial score (nSPS) is 12.0. The third-order valence-corrected chi connectivity index (χ3v) is 3.58. The zero-order valence-corrected chi connectivity index (χ0v) is 12.9. The van der Waals surface area contributed by atoms with Gasteiger partial charge in [0.05, 0.1) is 0 Å². The monoisotopic (exact) mass is 292 g/mol. The Hall–Kier alpha value is -1.88. The van der Waals surface area contributed by atoms with Gasteiger partial charge in [-0.15, -0.1) is 0 Å². The molecule has 0 spiro atoms. The van der Waals surface area contributed by atoms with Crippen molar-refractivity contribution in [2.75, 3.05) is 20.1 Å². The van der Waals surface area contributed by atoms with Crippen LogP contribution in [0.25, 0.3) is 0 Å². The molecule has 1 atom stereocenters. The van der Waals surface area contributed by atoms with Crippen LogP contribution in [0.1, 0.15) is 36.2 Å². The first-order valence-corrected chi connectivity index (χ1v) is 7.26. The van der Waals surface area contributed by atoms with Crippen LogP contribution in [-0.4, -0.2) is 48.1 Å². The summed E-state index contributed by atoms with van der Waals surface area (Å²) in [7, 11) is 1.86. The van der Waals surface area contributed by atoms with Gasteiger partial charge in [0.2, 0.25) is 0 Å². The Kier molecular flexibility index (Phi) is 6.88. The van der Waals surface area contributed by atoms with E-state index in [1.54, 1.807) is 6.07 Å². The van der Waals surface area contributed by atoms with E-state index < -0.39 is 5.97 Å². The number of carbonyl (C=O) groups is 2. The van der Waals surface area contributed by atoms with Crippen molar-refractivity contribution in [3.05, 3.63) is 35.4 Å². The fourth-order valence-electron chi connectivity index (χ4n) is 2.16. The van der Waals surface area contributed by atoms with E-state index in [0.717, 1.165) is 24.9 Å². The summed E-state index contributed by atoms with van der Waals surface area (Å²) in [5.41, 5.74) is 1.53. The topological polar surface area (TPSA) is 69.6 Å². The SMILES string of the molecule is CCC(C)N(CC(=O)O)C(=O)c1ccccc1CCNC. The molecule has 5 nitrogen and oxygen atoms in total. The van der Waals surface area contributed by atoms with Crippen molar-refractivity contribution in [3.63, 3.8) is 0 Å². The highest BCUT2D eigenvalue weighted by Crippen LogP contribution is 2.15. The molecular weight excluding hydrogens is 268 g/mol. The second-order valence-corrected chi connectivity index (χ2v) is 5.09. The number of amides is 1. The van der Waals surface area contributed by atoms with Crippen LogP contribution in [0.5, 0.6) is 0 Å². The molecule has 5 heteroatoms. The molecule has 0 radical (unpaired) electrons. The predicted octanol–water partition coefficient (Wildman–Crippen LogP) is 1.77. The second-order valence-electron chi connectivity index (χ2n) is 5.09. The molecule has 1 rings (SSSR count). The number of likely N-dealkylation sites (N-methyl/N-ethyl adjacent to an activating group) is 1. The fourth-order valence-corrected chi connectivity index (χ4v) is 2.16. The minimum absolute atomic E-state index is 0.106. The summed E-state index contributed by atoms with van der Waals surface area (Å²) >= 11 is 0. The second kappa shape index (κ2) is 8.42. The lowest BCUT2D eigenvalue weighted by molar-refractivity contribution is -0.138. The van der Waals surface area contributed by atoms with Crippen LogP contribution in [0, 0.1) is 0 Å². The number of rotatable bonds is 8. The Morgan fingerprint density at radius 2 is 2.00 bits per heavy atom. The highest BCUT2D eigenvalue weighted by molar-refractivity contribution is 5.97. The van der Waals surface area contributed by atoms with Crippen molar-refractivity contribution in [2.24, 2.45) is 0 Å². The standard InChI is InChI=1S/C16H24N2O3/c1-4-12(2)18(11-15(19)20)16(21)14-8-6-5-7-13(14)9-10-17-3/h5-8,12,17H,4,9-11H2,1-3H3,(H,19,20). The number of aliphatic carboxylic acids is 1. The van der Waals surface area contributed by atoms with Crippen LogP contribution in [0.15, 0.2) is 24.3 Å². The molecular formula is C16H24N2O3. The van der Waals surface area contributed by atoms with Gasteiger partial charge < -0.3 is 15.3 Å². The molecule has 0 aliphatic carbocycles. The van der Waals surface area contributed by atoms with Gasteiger partial charge in [-0.2, -0.15) is 0 Å². The zero-order valence-electron chi connectivity index (χ0n) is 12.9. The molecule has 0 saturated heterocycles. The fraction of sp³-hybridized carbons (Fsp3) is 0.500. The van der Waals surface area contributed by atoms with Crippen LogP contribution in [0.4, 0.5) is 0 Å². The van der Waals surface area contributed by atoms with E-state index in [0.29, 0.717) is 5.56 Å². The van der Waals surface area contributed by atoms with E-state index in [9.17, 15) is 9.59 Å². The van der Waals surface area contributed by atoms with Crippen molar-refractivity contribution in [3.8, 4) is 0 Å². The average molecular weight is 292 g/mol. The first-order chi connectivity index (χ1) is 10.0. The van der Waals surface area contributed by atoms with E-state index in [-0.39, 0.29) is 18.5 Å². The first-order valence-electron chi connectivity index (χ1n) is 7.26. The van der Waals surface area contributed by atoms with Crippen LogP contribution in [0.2, 0.25) is 0 Å². The van der Waals surface area contributed by atoms with Gasteiger partial charge in [-0.25, -0.2) is 0 Å². The van der Waals surface area contributed by atoms with Crippen molar-refractivity contribution in [1.82, 2.24) is 10.2 Å². The molecule has 0 aromatic heterocycles. The molecule has 1 amide bonds. The Balaban J connectivity index is 3.05. The molecule has 116 valence electrons. The van der Waals surface area contributed by atoms with E-state index in [4.69, 9.17) is 5.11 Å². The van der Waals surface area contributed by atoms with Gasteiger partial charge in [-0.1, -0.05) is 25.1 Å².